The number of esters is 2. The molecule has 2 atom stereocenters. The molecule has 0 aliphatic rings. The second-order valence-electron chi connectivity index (χ2n) is 15.4. The molecular formula is C40H81NO8P+. The van der Waals surface area contributed by atoms with Gasteiger partial charge < -0.3 is 18.9 Å². The number of hydrogen-bond acceptors (Lipinski definition) is 7. The van der Waals surface area contributed by atoms with E-state index in [0.29, 0.717) is 23.9 Å². The number of carbonyl (C=O) groups is 2. The average Bonchev–Trinajstić information content (AvgIpc) is 3.06. The van der Waals surface area contributed by atoms with Crippen molar-refractivity contribution < 1.29 is 42.1 Å². The van der Waals surface area contributed by atoms with Crippen molar-refractivity contribution in [2.24, 2.45) is 0 Å². The minimum Gasteiger partial charge on any atom is -0.462 e. The van der Waals surface area contributed by atoms with E-state index >= 15 is 0 Å². The Morgan fingerprint density at radius 2 is 0.900 bits per heavy atom. The summed E-state index contributed by atoms with van der Waals surface area (Å²) in [6.45, 7) is 4.41. The Balaban J connectivity index is 4.22. The largest absolute Gasteiger partial charge is 0.472 e. The second kappa shape index (κ2) is 33.8. The highest BCUT2D eigenvalue weighted by atomic mass is 31.2. The highest BCUT2D eigenvalue weighted by Gasteiger charge is 2.27. The highest BCUT2D eigenvalue weighted by molar-refractivity contribution is 7.47. The van der Waals surface area contributed by atoms with Crippen LogP contribution in [-0.2, 0) is 32.7 Å². The molecular weight excluding hydrogens is 653 g/mol. The van der Waals surface area contributed by atoms with E-state index in [0.717, 1.165) is 32.1 Å². The zero-order valence-corrected chi connectivity index (χ0v) is 34.3. The maximum atomic E-state index is 12.5. The van der Waals surface area contributed by atoms with Crippen molar-refractivity contribution in [1.29, 1.82) is 0 Å². The lowest BCUT2D eigenvalue weighted by Crippen LogP contribution is -2.37. The number of unbranched alkanes of at least 4 members (excludes halogenated alkanes) is 24. The molecule has 0 aromatic rings. The molecule has 0 saturated heterocycles. The maximum Gasteiger partial charge on any atom is 0.472 e. The predicted molar refractivity (Wildman–Crippen MR) is 206 cm³/mol. The highest BCUT2D eigenvalue weighted by Crippen LogP contribution is 2.43. The van der Waals surface area contributed by atoms with E-state index < -0.39 is 26.5 Å². The van der Waals surface area contributed by atoms with Crippen molar-refractivity contribution in [2.75, 3.05) is 47.5 Å². The normalized spacial score (nSPS) is 13.6. The van der Waals surface area contributed by atoms with Crippen molar-refractivity contribution in [3.05, 3.63) is 0 Å². The molecule has 298 valence electrons. The third-order valence-electron chi connectivity index (χ3n) is 9.14. The van der Waals surface area contributed by atoms with Gasteiger partial charge >= 0.3 is 19.8 Å². The summed E-state index contributed by atoms with van der Waals surface area (Å²) in [6, 6.07) is 0. The second-order valence-corrected chi connectivity index (χ2v) is 16.8. The number of carbonyl (C=O) groups excluding carboxylic acids is 2. The molecule has 0 amide bonds. The van der Waals surface area contributed by atoms with Crippen molar-refractivity contribution in [1.82, 2.24) is 0 Å². The predicted octanol–water partition coefficient (Wildman–Crippen LogP) is 11.2. The third kappa shape index (κ3) is 36.8. The molecule has 1 unspecified atom stereocenters. The summed E-state index contributed by atoms with van der Waals surface area (Å²) >= 11 is 0. The fraction of sp³-hybridized carbons (Fsp3) is 0.950. The number of nitrogens with zero attached hydrogens (tertiary/aromatic N) is 1. The van der Waals surface area contributed by atoms with E-state index in [9.17, 15) is 19.0 Å². The Kier molecular flexibility index (Phi) is 33.2. The Morgan fingerprint density at radius 3 is 1.28 bits per heavy atom. The molecule has 0 saturated carbocycles. The molecule has 0 heterocycles. The van der Waals surface area contributed by atoms with E-state index in [1.54, 1.807) is 0 Å². The minimum absolute atomic E-state index is 0.0363. The summed E-state index contributed by atoms with van der Waals surface area (Å²) in [5, 5.41) is 0. The first-order valence-electron chi connectivity index (χ1n) is 20.8. The number of rotatable bonds is 38. The van der Waals surface area contributed by atoms with Crippen LogP contribution < -0.4 is 0 Å². The quantitative estimate of drug-likeness (QED) is 0.0289. The monoisotopic (exact) mass is 735 g/mol. The lowest BCUT2D eigenvalue weighted by molar-refractivity contribution is -0.870. The number of quaternary nitrogens is 1. The van der Waals surface area contributed by atoms with Crippen LogP contribution in [0.3, 0.4) is 0 Å². The van der Waals surface area contributed by atoms with E-state index in [4.69, 9.17) is 18.5 Å². The Hall–Kier alpha value is -0.990. The Labute approximate surface area is 308 Å². The van der Waals surface area contributed by atoms with Gasteiger partial charge in [0.05, 0.1) is 27.7 Å². The van der Waals surface area contributed by atoms with Gasteiger partial charge in [-0.25, -0.2) is 4.57 Å². The average molecular weight is 735 g/mol. The molecule has 0 aliphatic carbocycles. The van der Waals surface area contributed by atoms with Crippen molar-refractivity contribution in [3.8, 4) is 0 Å². The summed E-state index contributed by atoms with van der Waals surface area (Å²) in [6.07, 6.45) is 31.6. The summed E-state index contributed by atoms with van der Waals surface area (Å²) in [5.41, 5.74) is 0. The van der Waals surface area contributed by atoms with Gasteiger partial charge in [-0.05, 0) is 12.8 Å². The number of phosphoric acid groups is 1. The van der Waals surface area contributed by atoms with Crippen molar-refractivity contribution >= 4 is 19.8 Å². The molecule has 0 radical (unpaired) electrons. The topological polar surface area (TPSA) is 108 Å². The van der Waals surface area contributed by atoms with Crippen LogP contribution in [0.15, 0.2) is 0 Å². The molecule has 0 fully saturated rings. The first-order valence-corrected chi connectivity index (χ1v) is 22.3. The van der Waals surface area contributed by atoms with Crippen LogP contribution in [0.2, 0.25) is 0 Å². The van der Waals surface area contributed by atoms with Gasteiger partial charge in [0.2, 0.25) is 0 Å². The van der Waals surface area contributed by atoms with Crippen LogP contribution in [-0.4, -0.2) is 74.9 Å². The number of hydrogen-bond donors (Lipinski definition) is 1. The molecule has 0 aliphatic heterocycles. The van der Waals surface area contributed by atoms with Crippen LogP contribution >= 0.6 is 7.82 Å². The summed E-state index contributed by atoms with van der Waals surface area (Å²) in [5.74, 6) is -0.792. The van der Waals surface area contributed by atoms with Crippen LogP contribution in [0, 0.1) is 0 Å². The lowest BCUT2D eigenvalue weighted by atomic mass is 10.0. The summed E-state index contributed by atoms with van der Waals surface area (Å²) in [4.78, 5) is 35.1. The van der Waals surface area contributed by atoms with E-state index in [1.807, 2.05) is 21.1 Å². The smallest absolute Gasteiger partial charge is 0.462 e. The van der Waals surface area contributed by atoms with Crippen LogP contribution in [0.25, 0.3) is 0 Å². The first kappa shape index (κ1) is 49.0. The van der Waals surface area contributed by atoms with Crippen LogP contribution in [0.1, 0.15) is 194 Å². The zero-order chi connectivity index (χ0) is 37.2. The molecule has 10 heteroatoms. The summed E-state index contributed by atoms with van der Waals surface area (Å²) in [7, 11) is 1.49. The van der Waals surface area contributed by atoms with Gasteiger partial charge in [-0.3, -0.25) is 18.6 Å². The Bertz CT molecular complexity index is 835. The van der Waals surface area contributed by atoms with Crippen LogP contribution in [0.4, 0.5) is 0 Å². The van der Waals surface area contributed by atoms with Gasteiger partial charge in [-0.1, -0.05) is 168 Å². The fourth-order valence-electron chi connectivity index (χ4n) is 5.84. The minimum atomic E-state index is -4.36. The van der Waals surface area contributed by atoms with Gasteiger partial charge in [-0.15, -0.1) is 0 Å². The molecule has 0 spiro atoms. The Morgan fingerprint density at radius 1 is 0.540 bits per heavy atom. The first-order chi connectivity index (χ1) is 24.0. The van der Waals surface area contributed by atoms with Gasteiger partial charge in [-0.2, -0.15) is 0 Å². The standard InChI is InChI=1S/C40H80NO8P/c1-6-8-10-12-14-16-17-18-19-20-21-22-23-24-25-27-28-30-32-39(42)46-36-38(37-48-50(44,45)47-35-34-41(3,4)5)49-40(43)33-31-29-26-15-13-11-9-7-2/h38H,6-37H2,1-5H3/p+1/t38-/m0/s1. The number of phosphoric ester groups is 1. The maximum absolute atomic E-state index is 12.5. The van der Waals surface area contributed by atoms with E-state index in [1.165, 1.54) is 128 Å². The van der Waals surface area contributed by atoms with Gasteiger partial charge in [0.15, 0.2) is 6.10 Å². The summed E-state index contributed by atoms with van der Waals surface area (Å²) < 4.78 is 34.1. The van der Waals surface area contributed by atoms with E-state index in [-0.39, 0.29) is 25.6 Å². The molecule has 0 rings (SSSR count). The van der Waals surface area contributed by atoms with Crippen LogP contribution in [0.5, 0.6) is 0 Å². The molecule has 50 heavy (non-hydrogen) atoms. The molecule has 0 aromatic heterocycles. The van der Waals surface area contributed by atoms with E-state index in [2.05, 4.69) is 13.8 Å². The molecule has 0 bridgehead atoms. The molecule has 0 aromatic carbocycles. The SMILES string of the molecule is CCCCCCCCCCCCCCCCCCCCC(=O)OC[C@@H](COP(=O)(O)OCC[N+](C)(C)C)OC(=O)CCCCCCCCCC. The zero-order valence-electron chi connectivity index (χ0n) is 33.4. The number of likely N-dealkylation sites (N-methyl/N-ethyl adjacent to an activating group) is 1. The molecule has 9 nitrogen and oxygen atoms in total. The van der Waals surface area contributed by atoms with Crippen molar-refractivity contribution in [2.45, 2.75) is 200 Å². The van der Waals surface area contributed by atoms with Crippen molar-refractivity contribution in [3.63, 3.8) is 0 Å². The van der Waals surface area contributed by atoms with Gasteiger partial charge in [0.25, 0.3) is 0 Å². The lowest BCUT2D eigenvalue weighted by Gasteiger charge is -2.24. The van der Waals surface area contributed by atoms with Gasteiger partial charge in [0, 0.05) is 12.8 Å². The fourth-order valence-corrected chi connectivity index (χ4v) is 6.58. The molecule has 1 N–H and O–H groups in total. The van der Waals surface area contributed by atoms with Gasteiger partial charge in [0.1, 0.15) is 19.8 Å². The number of ether oxygens (including phenoxy) is 2. The third-order valence-corrected chi connectivity index (χ3v) is 10.1.